The van der Waals surface area contributed by atoms with E-state index in [4.69, 9.17) is 0 Å². The fourth-order valence-electron chi connectivity index (χ4n) is 2.14. The predicted molar refractivity (Wildman–Crippen MR) is 49.2 cm³/mol. The molecule has 0 radical (unpaired) electrons. The van der Waals surface area contributed by atoms with Gasteiger partial charge in [-0.1, -0.05) is 0 Å². The van der Waals surface area contributed by atoms with Crippen LogP contribution in [0.1, 0.15) is 13.8 Å². The van der Waals surface area contributed by atoms with E-state index in [-0.39, 0.29) is 12.1 Å². The topological polar surface area (TPSA) is 6.48 Å². The van der Waals surface area contributed by atoms with Crippen LogP contribution in [0.5, 0.6) is 0 Å². The highest BCUT2D eigenvalue weighted by Crippen LogP contribution is 2.22. The first-order valence-electron chi connectivity index (χ1n) is 4.80. The molecule has 1 rings (SSSR count). The summed E-state index contributed by atoms with van der Waals surface area (Å²) in [4.78, 5) is 3.60. The molecule has 5 heteroatoms. The van der Waals surface area contributed by atoms with Gasteiger partial charge in [-0.2, -0.15) is 13.2 Å². The van der Waals surface area contributed by atoms with Crippen molar-refractivity contribution in [2.75, 3.05) is 26.7 Å². The third kappa shape index (κ3) is 3.13. The van der Waals surface area contributed by atoms with Crippen molar-refractivity contribution in [3.8, 4) is 0 Å². The zero-order chi connectivity index (χ0) is 10.9. The van der Waals surface area contributed by atoms with Gasteiger partial charge in [0.25, 0.3) is 0 Å². The molecule has 2 atom stereocenters. The Morgan fingerprint density at radius 3 is 1.93 bits per heavy atom. The van der Waals surface area contributed by atoms with Crippen molar-refractivity contribution in [1.29, 1.82) is 0 Å². The number of nitrogens with zero attached hydrogens (tertiary/aromatic N) is 2. The Morgan fingerprint density at radius 1 is 1.14 bits per heavy atom. The van der Waals surface area contributed by atoms with Gasteiger partial charge < -0.3 is 4.90 Å². The second-order valence-corrected chi connectivity index (χ2v) is 4.21. The Bertz CT molecular complexity index is 181. The molecular weight excluding hydrogens is 193 g/mol. The van der Waals surface area contributed by atoms with Crippen LogP contribution in [-0.2, 0) is 0 Å². The van der Waals surface area contributed by atoms with E-state index in [0.29, 0.717) is 13.1 Å². The van der Waals surface area contributed by atoms with Gasteiger partial charge in [0.2, 0.25) is 0 Å². The molecule has 14 heavy (non-hydrogen) atoms. The maximum Gasteiger partial charge on any atom is 0.401 e. The number of hydrogen-bond donors (Lipinski definition) is 0. The summed E-state index contributed by atoms with van der Waals surface area (Å²) in [5.74, 6) is 0. The summed E-state index contributed by atoms with van der Waals surface area (Å²) >= 11 is 0. The minimum absolute atomic E-state index is 0.0228. The number of likely N-dealkylation sites (N-methyl/N-ethyl adjacent to an activating group) is 1. The summed E-state index contributed by atoms with van der Waals surface area (Å²) in [6.45, 7) is 4.32. The maximum absolute atomic E-state index is 12.2. The lowest BCUT2D eigenvalue weighted by atomic mass is 10.1. The summed E-state index contributed by atoms with van der Waals surface area (Å²) in [5, 5.41) is 0. The summed E-state index contributed by atoms with van der Waals surface area (Å²) < 4.78 is 36.7. The van der Waals surface area contributed by atoms with Crippen LogP contribution in [0, 0.1) is 0 Å². The van der Waals surface area contributed by atoms with E-state index in [9.17, 15) is 13.2 Å². The van der Waals surface area contributed by atoms with E-state index in [0.717, 1.165) is 0 Å². The number of rotatable bonds is 1. The van der Waals surface area contributed by atoms with Crippen LogP contribution < -0.4 is 0 Å². The molecule has 1 saturated heterocycles. The van der Waals surface area contributed by atoms with E-state index >= 15 is 0 Å². The predicted octanol–water partition coefficient (Wildman–Crippen LogP) is 1.57. The molecule has 0 saturated carbocycles. The van der Waals surface area contributed by atoms with Crippen LogP contribution in [0.25, 0.3) is 0 Å². The third-order valence-electron chi connectivity index (χ3n) is 2.65. The van der Waals surface area contributed by atoms with Crippen LogP contribution in [0.3, 0.4) is 0 Å². The van der Waals surface area contributed by atoms with Gasteiger partial charge in [-0.3, -0.25) is 4.90 Å². The van der Waals surface area contributed by atoms with Crippen molar-refractivity contribution in [2.45, 2.75) is 32.1 Å². The van der Waals surface area contributed by atoms with Gasteiger partial charge in [0, 0.05) is 25.2 Å². The molecule has 0 bridgehead atoms. The minimum Gasteiger partial charge on any atom is -0.303 e. The smallest absolute Gasteiger partial charge is 0.303 e. The highest BCUT2D eigenvalue weighted by molar-refractivity contribution is 4.84. The molecule has 1 heterocycles. The van der Waals surface area contributed by atoms with Gasteiger partial charge >= 0.3 is 6.18 Å². The average molecular weight is 210 g/mol. The van der Waals surface area contributed by atoms with Gasteiger partial charge in [-0.05, 0) is 20.9 Å². The molecule has 0 aromatic rings. The van der Waals surface area contributed by atoms with E-state index in [2.05, 4.69) is 4.90 Å². The molecule has 0 unspecified atom stereocenters. The van der Waals surface area contributed by atoms with Crippen molar-refractivity contribution in [3.63, 3.8) is 0 Å². The molecule has 1 aliphatic heterocycles. The van der Waals surface area contributed by atoms with E-state index < -0.39 is 12.7 Å². The monoisotopic (exact) mass is 210 g/mol. The minimum atomic E-state index is -4.08. The zero-order valence-corrected chi connectivity index (χ0v) is 8.80. The first-order valence-corrected chi connectivity index (χ1v) is 4.80. The lowest BCUT2D eigenvalue weighted by Gasteiger charge is -2.43. The highest BCUT2D eigenvalue weighted by Gasteiger charge is 2.37. The Labute approximate surface area is 82.7 Å². The molecule has 0 spiro atoms. The standard InChI is InChI=1S/C9H17F3N2/c1-7-4-13(3)5-8(2)14(7)6-9(10,11)12/h7-8H,4-6H2,1-3H3/t7-,8+. The normalized spacial score (nSPS) is 32.1. The van der Waals surface area contributed by atoms with Gasteiger partial charge in [-0.15, -0.1) is 0 Å². The van der Waals surface area contributed by atoms with Crippen LogP contribution in [0.2, 0.25) is 0 Å². The van der Waals surface area contributed by atoms with E-state index in [1.165, 1.54) is 4.90 Å². The maximum atomic E-state index is 12.2. The van der Waals surface area contributed by atoms with Gasteiger partial charge in [0.15, 0.2) is 0 Å². The molecule has 2 nitrogen and oxygen atoms in total. The molecule has 1 fully saturated rings. The Morgan fingerprint density at radius 2 is 1.57 bits per heavy atom. The first kappa shape index (κ1) is 11.8. The average Bonchev–Trinajstić information content (AvgIpc) is 1.95. The van der Waals surface area contributed by atoms with Crippen molar-refractivity contribution in [1.82, 2.24) is 9.80 Å². The number of halogens is 3. The summed E-state index contributed by atoms with van der Waals surface area (Å²) in [6.07, 6.45) is -4.08. The van der Waals surface area contributed by atoms with Gasteiger partial charge in [0.1, 0.15) is 0 Å². The molecule has 0 aromatic heterocycles. The molecule has 0 amide bonds. The number of piperazine rings is 1. The van der Waals surface area contributed by atoms with Crippen LogP contribution >= 0.6 is 0 Å². The van der Waals surface area contributed by atoms with Crippen molar-refractivity contribution < 1.29 is 13.2 Å². The Hall–Kier alpha value is -0.290. The number of hydrogen-bond acceptors (Lipinski definition) is 2. The summed E-state index contributed by atoms with van der Waals surface area (Å²) in [6, 6.07) is -0.0456. The lowest BCUT2D eigenvalue weighted by Crippen LogP contribution is -2.57. The third-order valence-corrected chi connectivity index (χ3v) is 2.65. The molecular formula is C9H17F3N2. The quantitative estimate of drug-likeness (QED) is 0.648. The van der Waals surface area contributed by atoms with Crippen LogP contribution in [-0.4, -0.2) is 54.7 Å². The fraction of sp³-hybridized carbons (Fsp3) is 1.00. The SMILES string of the molecule is C[C@@H]1CN(C)C[C@H](C)N1CC(F)(F)F. The van der Waals surface area contributed by atoms with Crippen molar-refractivity contribution >= 4 is 0 Å². The highest BCUT2D eigenvalue weighted by atomic mass is 19.4. The fourth-order valence-corrected chi connectivity index (χ4v) is 2.14. The summed E-state index contributed by atoms with van der Waals surface area (Å²) in [7, 11) is 1.94. The first-order chi connectivity index (χ1) is 6.29. The zero-order valence-electron chi connectivity index (χ0n) is 8.80. The van der Waals surface area contributed by atoms with Crippen LogP contribution in [0.4, 0.5) is 13.2 Å². The molecule has 0 aliphatic carbocycles. The van der Waals surface area contributed by atoms with Gasteiger partial charge in [0.05, 0.1) is 6.54 Å². The van der Waals surface area contributed by atoms with Crippen LogP contribution in [0.15, 0.2) is 0 Å². The number of alkyl halides is 3. The molecule has 0 N–H and O–H groups in total. The second kappa shape index (κ2) is 4.06. The van der Waals surface area contributed by atoms with Crippen molar-refractivity contribution in [3.05, 3.63) is 0 Å². The largest absolute Gasteiger partial charge is 0.401 e. The summed E-state index contributed by atoms with van der Waals surface area (Å²) in [5.41, 5.74) is 0. The Kier molecular flexibility index (Phi) is 3.42. The molecule has 0 aromatic carbocycles. The second-order valence-electron chi connectivity index (χ2n) is 4.21. The Balaban J connectivity index is 2.58. The molecule has 1 aliphatic rings. The van der Waals surface area contributed by atoms with Crippen molar-refractivity contribution in [2.24, 2.45) is 0 Å². The van der Waals surface area contributed by atoms with Gasteiger partial charge in [-0.25, -0.2) is 0 Å². The lowest BCUT2D eigenvalue weighted by molar-refractivity contribution is -0.161. The van der Waals surface area contributed by atoms with E-state index in [1.807, 2.05) is 20.9 Å². The van der Waals surface area contributed by atoms with E-state index in [1.54, 1.807) is 0 Å². The molecule has 84 valence electrons.